The van der Waals surface area contributed by atoms with Gasteiger partial charge in [0.2, 0.25) is 0 Å². The summed E-state index contributed by atoms with van der Waals surface area (Å²) in [6.07, 6.45) is 1.54. The summed E-state index contributed by atoms with van der Waals surface area (Å²) in [5.41, 5.74) is 1.75. The number of nitrogens with two attached hydrogens (primary N) is 1. The van der Waals surface area contributed by atoms with E-state index in [-0.39, 0.29) is 0 Å². The predicted molar refractivity (Wildman–Crippen MR) is 80.6 cm³/mol. The third-order valence-corrected chi connectivity index (χ3v) is 3.12. The topological polar surface area (TPSA) is 56.8 Å². The van der Waals surface area contributed by atoms with Crippen LogP contribution in [0.4, 0.5) is 0 Å². The van der Waals surface area contributed by atoms with Crippen molar-refractivity contribution in [3.63, 3.8) is 0 Å². The largest absolute Gasteiger partial charge is 0.493 e. The Morgan fingerprint density at radius 2 is 2.00 bits per heavy atom. The number of methoxy groups -OCH3 is 1. The molecule has 4 nitrogen and oxygen atoms in total. The molecule has 0 bridgehead atoms. The Hall–Kier alpha value is -2.20. The first-order chi connectivity index (χ1) is 9.74. The highest BCUT2D eigenvalue weighted by Crippen LogP contribution is 2.29. The molecule has 0 heterocycles. The lowest BCUT2D eigenvalue weighted by Crippen LogP contribution is -1.99. The molecule has 0 spiro atoms. The fourth-order valence-electron chi connectivity index (χ4n) is 1.74. The van der Waals surface area contributed by atoms with Gasteiger partial charge in [-0.05, 0) is 29.8 Å². The first-order valence-corrected chi connectivity index (χ1v) is 6.40. The van der Waals surface area contributed by atoms with Gasteiger partial charge in [0, 0.05) is 10.6 Å². The molecule has 0 atom stereocenters. The Morgan fingerprint density at radius 1 is 1.20 bits per heavy atom. The maximum Gasteiger partial charge on any atom is 0.162 e. The Bertz CT molecular complexity index is 615. The van der Waals surface area contributed by atoms with Crippen molar-refractivity contribution in [1.29, 1.82) is 0 Å². The van der Waals surface area contributed by atoms with Crippen molar-refractivity contribution in [3.8, 4) is 11.5 Å². The highest BCUT2D eigenvalue weighted by molar-refractivity contribution is 6.31. The van der Waals surface area contributed by atoms with Gasteiger partial charge < -0.3 is 15.3 Å². The van der Waals surface area contributed by atoms with Crippen molar-refractivity contribution >= 4 is 17.8 Å². The van der Waals surface area contributed by atoms with Crippen LogP contribution in [0, 0.1) is 0 Å². The number of hydrogen-bond acceptors (Lipinski definition) is 4. The third-order valence-electron chi connectivity index (χ3n) is 2.75. The summed E-state index contributed by atoms with van der Waals surface area (Å²) in [7, 11) is 1.59. The number of hydrazone groups is 1. The van der Waals surface area contributed by atoms with Gasteiger partial charge >= 0.3 is 0 Å². The van der Waals surface area contributed by atoms with E-state index in [2.05, 4.69) is 5.10 Å². The molecule has 2 aromatic rings. The SMILES string of the molecule is COc1ccc(C=NN)cc1OCc1ccccc1Cl. The zero-order chi connectivity index (χ0) is 14.4. The summed E-state index contributed by atoms with van der Waals surface area (Å²) in [6, 6.07) is 13.0. The molecule has 0 unspecified atom stereocenters. The second kappa shape index (κ2) is 6.82. The van der Waals surface area contributed by atoms with Crippen LogP contribution in [0.15, 0.2) is 47.6 Å². The number of benzene rings is 2. The molecule has 0 aliphatic heterocycles. The minimum Gasteiger partial charge on any atom is -0.493 e. The Kier molecular flexibility index (Phi) is 4.85. The smallest absolute Gasteiger partial charge is 0.162 e. The number of nitrogens with zero attached hydrogens (tertiary/aromatic N) is 1. The Morgan fingerprint density at radius 3 is 2.70 bits per heavy atom. The monoisotopic (exact) mass is 290 g/mol. The van der Waals surface area contributed by atoms with Gasteiger partial charge in [0.1, 0.15) is 6.61 Å². The predicted octanol–water partition coefficient (Wildman–Crippen LogP) is 3.22. The van der Waals surface area contributed by atoms with Gasteiger partial charge in [-0.15, -0.1) is 0 Å². The van der Waals surface area contributed by atoms with E-state index in [9.17, 15) is 0 Å². The highest BCUT2D eigenvalue weighted by Gasteiger charge is 2.07. The standard InChI is InChI=1S/C15H15ClN2O2/c1-19-14-7-6-11(9-18-17)8-15(14)20-10-12-4-2-3-5-13(12)16/h2-9H,10,17H2,1H3. The van der Waals surface area contributed by atoms with Crippen LogP contribution in [-0.2, 0) is 6.61 Å². The molecule has 2 aromatic carbocycles. The van der Waals surface area contributed by atoms with Crippen molar-refractivity contribution in [1.82, 2.24) is 0 Å². The van der Waals surface area contributed by atoms with Crippen molar-refractivity contribution in [2.24, 2.45) is 10.9 Å². The van der Waals surface area contributed by atoms with Crippen LogP contribution in [0.1, 0.15) is 11.1 Å². The van der Waals surface area contributed by atoms with Gasteiger partial charge in [0.25, 0.3) is 0 Å². The van der Waals surface area contributed by atoms with Crippen LogP contribution in [0.3, 0.4) is 0 Å². The first-order valence-electron chi connectivity index (χ1n) is 6.02. The Balaban J connectivity index is 2.19. The van der Waals surface area contributed by atoms with Crippen LogP contribution in [-0.4, -0.2) is 13.3 Å². The summed E-state index contributed by atoms with van der Waals surface area (Å²) in [6.45, 7) is 0.360. The average Bonchev–Trinajstić information content (AvgIpc) is 2.47. The first kappa shape index (κ1) is 14.2. The van der Waals surface area contributed by atoms with Crippen LogP contribution in [0.25, 0.3) is 0 Å². The molecular formula is C15H15ClN2O2. The summed E-state index contributed by atoms with van der Waals surface area (Å²) in [5.74, 6) is 6.41. The van der Waals surface area contributed by atoms with Gasteiger partial charge in [0.15, 0.2) is 11.5 Å². The molecule has 0 radical (unpaired) electrons. The zero-order valence-corrected chi connectivity index (χ0v) is 11.8. The summed E-state index contributed by atoms with van der Waals surface area (Å²) in [5, 5.41) is 4.16. The van der Waals surface area contributed by atoms with Crippen molar-refractivity contribution in [3.05, 3.63) is 58.6 Å². The second-order valence-corrected chi connectivity index (χ2v) is 4.48. The van der Waals surface area contributed by atoms with Gasteiger partial charge in [-0.1, -0.05) is 29.8 Å². The second-order valence-electron chi connectivity index (χ2n) is 4.07. The average molecular weight is 291 g/mol. The molecule has 5 heteroatoms. The van der Waals surface area contributed by atoms with E-state index in [4.69, 9.17) is 26.9 Å². The minimum absolute atomic E-state index is 0.360. The fourth-order valence-corrected chi connectivity index (χ4v) is 1.93. The molecule has 0 aliphatic carbocycles. The van der Waals surface area contributed by atoms with E-state index >= 15 is 0 Å². The summed E-state index contributed by atoms with van der Waals surface area (Å²) in [4.78, 5) is 0. The molecule has 0 saturated carbocycles. The minimum atomic E-state index is 0.360. The van der Waals surface area contributed by atoms with Crippen molar-refractivity contribution in [2.45, 2.75) is 6.61 Å². The number of rotatable bonds is 5. The fraction of sp³-hybridized carbons (Fsp3) is 0.133. The van der Waals surface area contributed by atoms with E-state index in [0.717, 1.165) is 11.1 Å². The van der Waals surface area contributed by atoms with E-state index in [1.54, 1.807) is 19.4 Å². The van der Waals surface area contributed by atoms with Crippen molar-refractivity contribution in [2.75, 3.05) is 7.11 Å². The number of hydrogen-bond donors (Lipinski definition) is 1. The molecular weight excluding hydrogens is 276 g/mol. The van der Waals surface area contributed by atoms with Gasteiger partial charge in [-0.3, -0.25) is 0 Å². The molecule has 0 fully saturated rings. The lowest BCUT2D eigenvalue weighted by molar-refractivity contribution is 0.284. The molecule has 2 rings (SSSR count). The molecule has 20 heavy (non-hydrogen) atoms. The lowest BCUT2D eigenvalue weighted by Gasteiger charge is -2.12. The maximum absolute atomic E-state index is 6.10. The lowest BCUT2D eigenvalue weighted by atomic mass is 10.2. The Labute approximate surface area is 122 Å². The maximum atomic E-state index is 6.10. The number of ether oxygens (including phenoxy) is 2. The van der Waals surface area contributed by atoms with E-state index in [0.29, 0.717) is 23.1 Å². The summed E-state index contributed by atoms with van der Waals surface area (Å²) < 4.78 is 11.0. The van der Waals surface area contributed by atoms with Crippen molar-refractivity contribution < 1.29 is 9.47 Å². The van der Waals surface area contributed by atoms with Crippen LogP contribution in [0.2, 0.25) is 5.02 Å². The molecule has 2 N–H and O–H groups in total. The normalized spacial score (nSPS) is 10.7. The van der Waals surface area contributed by atoms with Gasteiger partial charge in [-0.2, -0.15) is 5.10 Å². The van der Waals surface area contributed by atoms with Crippen LogP contribution < -0.4 is 15.3 Å². The van der Waals surface area contributed by atoms with E-state index in [1.165, 1.54) is 0 Å². The van der Waals surface area contributed by atoms with E-state index < -0.39 is 0 Å². The molecule has 0 aromatic heterocycles. The van der Waals surface area contributed by atoms with Gasteiger partial charge in [0.05, 0.1) is 13.3 Å². The van der Waals surface area contributed by atoms with Gasteiger partial charge in [-0.25, -0.2) is 0 Å². The quantitative estimate of drug-likeness (QED) is 0.522. The third kappa shape index (κ3) is 3.42. The highest BCUT2D eigenvalue weighted by atomic mass is 35.5. The van der Waals surface area contributed by atoms with Crippen LogP contribution in [0.5, 0.6) is 11.5 Å². The zero-order valence-electron chi connectivity index (χ0n) is 11.0. The number of halogens is 1. The molecule has 0 amide bonds. The molecule has 104 valence electrons. The molecule has 0 saturated heterocycles. The van der Waals surface area contributed by atoms with Crippen LogP contribution >= 0.6 is 11.6 Å². The summed E-state index contributed by atoms with van der Waals surface area (Å²) >= 11 is 6.10. The molecule has 0 aliphatic rings. The van der Waals surface area contributed by atoms with E-state index in [1.807, 2.05) is 36.4 Å².